The number of carbonyl (C=O) groups excluding carboxylic acids is 1. The molecular weight excluding hydrogens is 252 g/mol. The van der Waals surface area contributed by atoms with Crippen LogP contribution in [-0.4, -0.2) is 63.7 Å². The van der Waals surface area contributed by atoms with Crippen LogP contribution in [0.2, 0.25) is 0 Å². The zero-order valence-electron chi connectivity index (χ0n) is 11.0. The predicted octanol–water partition coefficient (Wildman–Crippen LogP) is 0.842. The Morgan fingerprint density at radius 2 is 1.53 bits per heavy atom. The monoisotopic (exact) mass is 272 g/mol. The van der Waals surface area contributed by atoms with Crippen LogP contribution < -0.4 is 0 Å². The van der Waals surface area contributed by atoms with E-state index in [0.29, 0.717) is 6.54 Å². The van der Waals surface area contributed by atoms with E-state index in [1.807, 2.05) is 6.92 Å². The number of carbonyl (C=O) groups is 3. The van der Waals surface area contributed by atoms with Crippen molar-refractivity contribution in [2.45, 2.75) is 38.6 Å². The molecule has 0 unspecified atom stereocenters. The Hall–Kier alpha value is -1.79. The van der Waals surface area contributed by atoms with E-state index in [1.165, 1.54) is 0 Å². The minimum atomic E-state index is -1.21. The van der Waals surface area contributed by atoms with Crippen LogP contribution in [0.25, 0.3) is 0 Å². The second-order valence-corrected chi connectivity index (χ2v) is 4.65. The molecule has 2 amide bonds. The Morgan fingerprint density at radius 3 is 1.89 bits per heavy atom. The number of urea groups is 1. The van der Waals surface area contributed by atoms with E-state index in [1.54, 1.807) is 4.90 Å². The standard InChI is InChI=1S/C12H20N2O5/c1-2-14(9-5-3-4-6-9)12(19)13(7-10(15)16)8-11(17)18/h9H,2-8H2,1H3,(H,15,16)(H,17,18). The number of hydrogen-bond donors (Lipinski definition) is 2. The van der Waals surface area contributed by atoms with Gasteiger partial charge in [0.1, 0.15) is 13.1 Å². The first-order chi connectivity index (χ1) is 8.95. The number of rotatable bonds is 6. The fraction of sp³-hybridized carbons (Fsp3) is 0.750. The van der Waals surface area contributed by atoms with Crippen molar-refractivity contribution in [2.24, 2.45) is 0 Å². The van der Waals surface area contributed by atoms with Gasteiger partial charge in [0.2, 0.25) is 0 Å². The summed E-state index contributed by atoms with van der Waals surface area (Å²) in [6, 6.07) is -0.401. The highest BCUT2D eigenvalue weighted by molar-refractivity contribution is 5.84. The minimum absolute atomic E-state index is 0.0996. The van der Waals surface area contributed by atoms with E-state index in [2.05, 4.69) is 0 Å². The van der Waals surface area contributed by atoms with Gasteiger partial charge in [-0.1, -0.05) is 12.8 Å². The Kier molecular flexibility index (Phi) is 5.59. The van der Waals surface area contributed by atoms with E-state index in [4.69, 9.17) is 10.2 Å². The van der Waals surface area contributed by atoms with E-state index in [9.17, 15) is 14.4 Å². The van der Waals surface area contributed by atoms with Gasteiger partial charge in [-0.25, -0.2) is 4.79 Å². The van der Waals surface area contributed by atoms with Crippen LogP contribution in [0.15, 0.2) is 0 Å². The maximum absolute atomic E-state index is 12.3. The molecule has 0 aromatic heterocycles. The second-order valence-electron chi connectivity index (χ2n) is 4.65. The van der Waals surface area contributed by atoms with Crippen molar-refractivity contribution in [3.05, 3.63) is 0 Å². The minimum Gasteiger partial charge on any atom is -0.480 e. The highest BCUT2D eigenvalue weighted by Gasteiger charge is 2.30. The molecule has 19 heavy (non-hydrogen) atoms. The number of hydrogen-bond acceptors (Lipinski definition) is 3. The summed E-state index contributed by atoms with van der Waals surface area (Å²) >= 11 is 0. The van der Waals surface area contributed by atoms with Crippen LogP contribution >= 0.6 is 0 Å². The quantitative estimate of drug-likeness (QED) is 0.746. The molecule has 0 aliphatic heterocycles. The molecular formula is C12H20N2O5. The fourth-order valence-corrected chi connectivity index (χ4v) is 2.46. The van der Waals surface area contributed by atoms with Gasteiger partial charge in [0.05, 0.1) is 0 Å². The maximum Gasteiger partial charge on any atom is 0.323 e. The lowest BCUT2D eigenvalue weighted by molar-refractivity contribution is -0.140. The molecule has 0 aromatic carbocycles. The molecule has 7 heteroatoms. The fourth-order valence-electron chi connectivity index (χ4n) is 2.46. The number of nitrogens with zero attached hydrogens (tertiary/aromatic N) is 2. The summed E-state index contributed by atoms with van der Waals surface area (Å²) in [6.07, 6.45) is 3.89. The molecule has 7 nitrogen and oxygen atoms in total. The highest BCUT2D eigenvalue weighted by Crippen LogP contribution is 2.24. The Bertz CT molecular complexity index is 336. The van der Waals surface area contributed by atoms with Crippen LogP contribution in [0.3, 0.4) is 0 Å². The highest BCUT2D eigenvalue weighted by atomic mass is 16.4. The number of aliphatic carboxylic acids is 2. The zero-order chi connectivity index (χ0) is 14.4. The van der Waals surface area contributed by atoms with Crippen molar-refractivity contribution in [1.29, 1.82) is 0 Å². The second kappa shape index (κ2) is 6.96. The first-order valence-electron chi connectivity index (χ1n) is 6.44. The first-order valence-corrected chi connectivity index (χ1v) is 6.44. The van der Waals surface area contributed by atoms with Crippen molar-refractivity contribution < 1.29 is 24.6 Å². The molecule has 108 valence electrons. The van der Waals surface area contributed by atoms with Crippen molar-refractivity contribution in [2.75, 3.05) is 19.6 Å². The van der Waals surface area contributed by atoms with Gasteiger partial charge in [-0.05, 0) is 19.8 Å². The van der Waals surface area contributed by atoms with Crippen molar-refractivity contribution in [3.63, 3.8) is 0 Å². The Balaban J connectivity index is 2.76. The molecule has 1 rings (SSSR count). The summed E-state index contributed by atoms with van der Waals surface area (Å²) in [7, 11) is 0. The van der Waals surface area contributed by atoms with Gasteiger partial charge in [0.15, 0.2) is 0 Å². The SMILES string of the molecule is CCN(C(=O)N(CC(=O)O)CC(=O)O)C1CCCC1. The van der Waals surface area contributed by atoms with E-state index in [0.717, 1.165) is 30.6 Å². The van der Waals surface area contributed by atoms with Gasteiger partial charge >= 0.3 is 18.0 Å². The molecule has 0 spiro atoms. The summed E-state index contributed by atoms with van der Waals surface area (Å²) in [6.45, 7) is 1.10. The lowest BCUT2D eigenvalue weighted by Gasteiger charge is -2.32. The van der Waals surface area contributed by atoms with Gasteiger partial charge in [-0.2, -0.15) is 0 Å². The first kappa shape index (κ1) is 15.3. The lowest BCUT2D eigenvalue weighted by Crippen LogP contribution is -2.50. The molecule has 1 aliphatic carbocycles. The number of amides is 2. The van der Waals surface area contributed by atoms with Crippen LogP contribution in [-0.2, 0) is 9.59 Å². The molecule has 1 aliphatic rings. The largest absolute Gasteiger partial charge is 0.480 e. The van der Waals surface area contributed by atoms with E-state index < -0.39 is 31.1 Å². The van der Waals surface area contributed by atoms with Crippen LogP contribution in [0.1, 0.15) is 32.6 Å². The summed E-state index contributed by atoms with van der Waals surface area (Å²) in [5.41, 5.74) is 0. The van der Waals surface area contributed by atoms with Gasteiger partial charge in [-0.3, -0.25) is 9.59 Å². The summed E-state index contributed by atoms with van der Waals surface area (Å²) in [4.78, 5) is 36.2. The maximum atomic E-state index is 12.3. The molecule has 0 bridgehead atoms. The third kappa shape index (κ3) is 4.42. The number of carboxylic acids is 2. The van der Waals surface area contributed by atoms with Gasteiger partial charge < -0.3 is 20.0 Å². The molecule has 1 fully saturated rings. The normalized spacial score (nSPS) is 15.2. The van der Waals surface area contributed by atoms with Crippen molar-refractivity contribution >= 4 is 18.0 Å². The molecule has 2 N–H and O–H groups in total. The van der Waals surface area contributed by atoms with Gasteiger partial charge in [0, 0.05) is 12.6 Å². The zero-order valence-corrected chi connectivity index (χ0v) is 11.0. The summed E-state index contributed by atoms with van der Waals surface area (Å²) in [5.74, 6) is -2.42. The van der Waals surface area contributed by atoms with Gasteiger partial charge in [0.25, 0.3) is 0 Å². The molecule has 0 saturated heterocycles. The third-order valence-electron chi connectivity index (χ3n) is 3.27. The molecule has 1 saturated carbocycles. The molecule has 0 radical (unpaired) electrons. The van der Waals surface area contributed by atoms with Crippen molar-refractivity contribution in [3.8, 4) is 0 Å². The van der Waals surface area contributed by atoms with E-state index in [-0.39, 0.29) is 6.04 Å². The topological polar surface area (TPSA) is 98.2 Å². The smallest absolute Gasteiger partial charge is 0.323 e. The molecule has 0 aromatic rings. The average molecular weight is 272 g/mol. The molecule has 0 atom stereocenters. The Labute approximate surface area is 111 Å². The lowest BCUT2D eigenvalue weighted by atomic mass is 10.2. The molecule has 0 heterocycles. The average Bonchev–Trinajstić information content (AvgIpc) is 2.81. The summed E-state index contributed by atoms with van der Waals surface area (Å²) < 4.78 is 0. The van der Waals surface area contributed by atoms with Gasteiger partial charge in [-0.15, -0.1) is 0 Å². The Morgan fingerprint density at radius 1 is 1.05 bits per heavy atom. The van der Waals surface area contributed by atoms with Crippen LogP contribution in [0, 0.1) is 0 Å². The third-order valence-corrected chi connectivity index (χ3v) is 3.27. The van der Waals surface area contributed by atoms with Crippen LogP contribution in [0.4, 0.5) is 4.79 Å². The van der Waals surface area contributed by atoms with E-state index >= 15 is 0 Å². The predicted molar refractivity (Wildman–Crippen MR) is 66.9 cm³/mol. The number of carboxylic acid groups (broad SMARTS) is 2. The van der Waals surface area contributed by atoms with Crippen molar-refractivity contribution in [1.82, 2.24) is 9.80 Å². The summed E-state index contributed by atoms with van der Waals surface area (Å²) in [5, 5.41) is 17.5. The van der Waals surface area contributed by atoms with Crippen LogP contribution in [0.5, 0.6) is 0 Å².